The minimum atomic E-state index is -0.336. The van der Waals surface area contributed by atoms with E-state index in [4.69, 9.17) is 4.74 Å². The van der Waals surface area contributed by atoms with Crippen molar-refractivity contribution in [2.45, 2.75) is 20.0 Å². The van der Waals surface area contributed by atoms with E-state index in [9.17, 15) is 9.18 Å². The summed E-state index contributed by atoms with van der Waals surface area (Å²) in [4.78, 5) is 12.1. The SMILES string of the molecule is C/C=C/CCNC(=O)c1cccc(COc2cccc(F)c2)c1. The summed E-state index contributed by atoms with van der Waals surface area (Å²) >= 11 is 0. The van der Waals surface area contributed by atoms with E-state index in [-0.39, 0.29) is 18.3 Å². The van der Waals surface area contributed by atoms with Gasteiger partial charge in [-0.15, -0.1) is 0 Å². The van der Waals surface area contributed by atoms with Crippen LogP contribution in [0.15, 0.2) is 60.7 Å². The lowest BCUT2D eigenvalue weighted by Gasteiger charge is -2.08. The molecule has 1 amide bonds. The van der Waals surface area contributed by atoms with Gasteiger partial charge in [-0.2, -0.15) is 0 Å². The largest absolute Gasteiger partial charge is 0.489 e. The first-order valence-electron chi connectivity index (χ1n) is 7.55. The Morgan fingerprint density at radius 3 is 2.83 bits per heavy atom. The van der Waals surface area contributed by atoms with E-state index in [0.29, 0.717) is 17.9 Å². The maximum atomic E-state index is 13.1. The number of amides is 1. The molecule has 0 spiro atoms. The van der Waals surface area contributed by atoms with Crippen LogP contribution in [0.5, 0.6) is 5.75 Å². The van der Waals surface area contributed by atoms with Gasteiger partial charge in [0.15, 0.2) is 0 Å². The molecule has 0 radical (unpaired) electrons. The molecule has 0 aromatic heterocycles. The van der Waals surface area contributed by atoms with E-state index in [1.165, 1.54) is 12.1 Å². The van der Waals surface area contributed by atoms with Crippen molar-refractivity contribution < 1.29 is 13.9 Å². The Balaban J connectivity index is 1.92. The standard InChI is InChI=1S/C19H20FNO2/c1-2-3-4-11-21-19(22)16-8-5-7-15(12-16)14-23-18-10-6-9-17(20)13-18/h2-3,5-10,12-13H,4,11,14H2,1H3,(H,21,22)/b3-2+. The minimum absolute atomic E-state index is 0.109. The summed E-state index contributed by atoms with van der Waals surface area (Å²) < 4.78 is 18.6. The number of ether oxygens (including phenoxy) is 1. The van der Waals surface area contributed by atoms with Crippen molar-refractivity contribution in [2.24, 2.45) is 0 Å². The second-order valence-electron chi connectivity index (χ2n) is 5.06. The van der Waals surface area contributed by atoms with E-state index >= 15 is 0 Å². The zero-order valence-corrected chi connectivity index (χ0v) is 13.1. The molecule has 2 rings (SSSR count). The van der Waals surface area contributed by atoms with Gasteiger partial charge in [-0.25, -0.2) is 4.39 Å². The molecule has 2 aromatic rings. The van der Waals surface area contributed by atoms with Crippen LogP contribution in [0.1, 0.15) is 29.3 Å². The van der Waals surface area contributed by atoms with E-state index in [1.54, 1.807) is 24.3 Å². The molecular formula is C19H20FNO2. The summed E-state index contributed by atoms with van der Waals surface area (Å²) in [5, 5.41) is 2.86. The third kappa shape index (κ3) is 5.58. The number of hydrogen-bond acceptors (Lipinski definition) is 2. The topological polar surface area (TPSA) is 38.3 Å². The Labute approximate surface area is 135 Å². The van der Waals surface area contributed by atoms with Crippen molar-refractivity contribution in [1.82, 2.24) is 5.32 Å². The van der Waals surface area contributed by atoms with Gasteiger partial charge in [0.05, 0.1) is 0 Å². The maximum absolute atomic E-state index is 13.1. The first kappa shape index (κ1) is 16.7. The van der Waals surface area contributed by atoms with Gasteiger partial charge in [-0.3, -0.25) is 4.79 Å². The summed E-state index contributed by atoms with van der Waals surface area (Å²) in [6.45, 7) is 2.83. The molecule has 0 aliphatic heterocycles. The van der Waals surface area contributed by atoms with Gasteiger partial charge in [0.2, 0.25) is 0 Å². The second-order valence-corrected chi connectivity index (χ2v) is 5.06. The van der Waals surface area contributed by atoms with Crippen LogP contribution in [0, 0.1) is 5.82 Å². The molecule has 0 saturated carbocycles. The van der Waals surface area contributed by atoms with Crippen molar-refractivity contribution in [2.75, 3.05) is 6.54 Å². The van der Waals surface area contributed by atoms with Crippen LogP contribution in [0.2, 0.25) is 0 Å². The van der Waals surface area contributed by atoms with E-state index in [2.05, 4.69) is 5.32 Å². The highest BCUT2D eigenvalue weighted by molar-refractivity contribution is 5.94. The van der Waals surface area contributed by atoms with Gasteiger partial charge in [0, 0.05) is 18.2 Å². The van der Waals surface area contributed by atoms with Crippen molar-refractivity contribution in [3.05, 3.63) is 77.6 Å². The van der Waals surface area contributed by atoms with Crippen molar-refractivity contribution in [3.63, 3.8) is 0 Å². The third-order valence-corrected chi connectivity index (χ3v) is 3.22. The van der Waals surface area contributed by atoms with E-state index < -0.39 is 0 Å². The van der Waals surface area contributed by atoms with Gasteiger partial charge in [0.1, 0.15) is 18.2 Å². The molecule has 23 heavy (non-hydrogen) atoms. The number of rotatable bonds is 7. The van der Waals surface area contributed by atoms with Crippen LogP contribution in [0.3, 0.4) is 0 Å². The molecule has 0 saturated heterocycles. The van der Waals surface area contributed by atoms with Crippen molar-refractivity contribution in [3.8, 4) is 5.75 Å². The maximum Gasteiger partial charge on any atom is 0.251 e. The summed E-state index contributed by atoms with van der Waals surface area (Å²) in [5.41, 5.74) is 1.45. The third-order valence-electron chi connectivity index (χ3n) is 3.22. The molecule has 0 aliphatic rings. The summed E-state index contributed by atoms with van der Waals surface area (Å²) in [7, 11) is 0. The number of carbonyl (C=O) groups excluding carboxylic acids is 1. The zero-order valence-electron chi connectivity index (χ0n) is 13.1. The number of benzene rings is 2. The fourth-order valence-electron chi connectivity index (χ4n) is 2.06. The molecule has 120 valence electrons. The van der Waals surface area contributed by atoms with Gasteiger partial charge >= 0.3 is 0 Å². The van der Waals surface area contributed by atoms with Crippen LogP contribution in [0.4, 0.5) is 4.39 Å². The van der Waals surface area contributed by atoms with Crippen LogP contribution in [-0.4, -0.2) is 12.5 Å². The van der Waals surface area contributed by atoms with Gasteiger partial charge in [0.25, 0.3) is 5.91 Å². The minimum Gasteiger partial charge on any atom is -0.489 e. The summed E-state index contributed by atoms with van der Waals surface area (Å²) in [6.07, 6.45) is 4.77. The van der Waals surface area contributed by atoms with Crippen LogP contribution in [-0.2, 0) is 6.61 Å². The zero-order chi connectivity index (χ0) is 16.5. The average molecular weight is 313 g/mol. The Morgan fingerprint density at radius 1 is 1.22 bits per heavy atom. The molecule has 4 heteroatoms. The molecule has 0 heterocycles. The Bertz CT molecular complexity index is 683. The van der Waals surface area contributed by atoms with E-state index in [0.717, 1.165) is 12.0 Å². The van der Waals surface area contributed by atoms with Gasteiger partial charge in [-0.1, -0.05) is 30.4 Å². The lowest BCUT2D eigenvalue weighted by atomic mass is 10.1. The van der Waals surface area contributed by atoms with Crippen molar-refractivity contribution >= 4 is 5.91 Å². The fourth-order valence-corrected chi connectivity index (χ4v) is 2.06. The second kappa shape index (κ2) is 8.73. The molecule has 0 unspecified atom stereocenters. The van der Waals surface area contributed by atoms with Crippen LogP contribution in [0.25, 0.3) is 0 Å². The monoisotopic (exact) mass is 313 g/mol. The number of allylic oxidation sites excluding steroid dienone is 1. The molecule has 0 fully saturated rings. The average Bonchev–Trinajstić information content (AvgIpc) is 2.57. The highest BCUT2D eigenvalue weighted by Gasteiger charge is 2.06. The lowest BCUT2D eigenvalue weighted by Crippen LogP contribution is -2.24. The fraction of sp³-hybridized carbons (Fsp3) is 0.211. The highest BCUT2D eigenvalue weighted by Crippen LogP contribution is 2.14. The van der Waals surface area contributed by atoms with E-state index in [1.807, 2.05) is 31.2 Å². The Morgan fingerprint density at radius 2 is 2.04 bits per heavy atom. The number of hydrogen-bond donors (Lipinski definition) is 1. The summed E-state index contributed by atoms with van der Waals surface area (Å²) in [6, 6.07) is 13.2. The molecular weight excluding hydrogens is 293 g/mol. The number of halogens is 1. The van der Waals surface area contributed by atoms with Gasteiger partial charge < -0.3 is 10.1 Å². The molecule has 2 aromatic carbocycles. The summed E-state index contributed by atoms with van der Waals surface area (Å²) in [5.74, 6) is 0.0186. The van der Waals surface area contributed by atoms with Crippen LogP contribution < -0.4 is 10.1 Å². The molecule has 1 N–H and O–H groups in total. The Kier molecular flexibility index (Phi) is 6.36. The molecule has 0 aliphatic carbocycles. The first-order valence-corrected chi connectivity index (χ1v) is 7.55. The molecule has 0 bridgehead atoms. The molecule has 0 atom stereocenters. The first-order chi connectivity index (χ1) is 11.2. The molecule has 3 nitrogen and oxygen atoms in total. The normalized spacial score (nSPS) is 10.7. The number of carbonyl (C=O) groups is 1. The quantitative estimate of drug-likeness (QED) is 0.617. The smallest absolute Gasteiger partial charge is 0.251 e. The predicted octanol–water partition coefficient (Wildman–Crippen LogP) is 4.10. The highest BCUT2D eigenvalue weighted by atomic mass is 19.1. The predicted molar refractivity (Wildman–Crippen MR) is 88.9 cm³/mol. The number of nitrogens with one attached hydrogen (secondary N) is 1. The van der Waals surface area contributed by atoms with Gasteiger partial charge in [-0.05, 0) is 43.2 Å². The lowest BCUT2D eigenvalue weighted by molar-refractivity contribution is 0.0954. The van der Waals surface area contributed by atoms with Crippen molar-refractivity contribution in [1.29, 1.82) is 0 Å². The van der Waals surface area contributed by atoms with Crippen LogP contribution >= 0.6 is 0 Å². The Hall–Kier alpha value is -2.62.